The highest BCUT2D eigenvalue weighted by atomic mass is 35.5. The topological polar surface area (TPSA) is 108 Å². The Morgan fingerprint density at radius 1 is 1.03 bits per heavy atom. The number of H-pyrrole nitrogens is 1. The van der Waals surface area contributed by atoms with E-state index in [9.17, 15) is 14.7 Å². The monoisotopic (exact) mass is 524 g/mol. The van der Waals surface area contributed by atoms with E-state index in [0.29, 0.717) is 27.5 Å². The first-order valence-corrected chi connectivity index (χ1v) is 12.7. The second-order valence-electron chi connectivity index (χ2n) is 8.93. The van der Waals surface area contributed by atoms with Crippen molar-refractivity contribution in [3.05, 3.63) is 107 Å². The minimum absolute atomic E-state index is 0.0310. The van der Waals surface area contributed by atoms with Gasteiger partial charge >= 0.3 is 5.97 Å². The number of nitrogens with one attached hydrogen (secondary N) is 2. The summed E-state index contributed by atoms with van der Waals surface area (Å²) < 4.78 is 0. The fraction of sp³-hybridized carbons (Fsp3) is 0.133. The van der Waals surface area contributed by atoms with Gasteiger partial charge in [-0.1, -0.05) is 61.3 Å². The Balaban J connectivity index is 1.55. The number of carboxylic acids is 1. The number of carbonyl (C=O) groups excluding carboxylic acids is 1. The molecule has 2 heterocycles. The molecular weight excluding hydrogens is 500 g/mol. The Bertz CT molecular complexity index is 1600. The van der Waals surface area contributed by atoms with E-state index in [4.69, 9.17) is 11.6 Å². The predicted octanol–water partition coefficient (Wildman–Crippen LogP) is 6.91. The minimum atomic E-state index is -1.16. The second kappa shape index (κ2) is 10.9. The summed E-state index contributed by atoms with van der Waals surface area (Å²) in [6.45, 7) is 2.04. The van der Waals surface area contributed by atoms with Crippen LogP contribution in [-0.2, 0) is 0 Å². The number of rotatable bonds is 8. The van der Waals surface area contributed by atoms with Gasteiger partial charge in [0.05, 0.1) is 22.6 Å². The van der Waals surface area contributed by atoms with Crippen LogP contribution in [0.5, 0.6) is 0 Å². The summed E-state index contributed by atoms with van der Waals surface area (Å²) in [5, 5.41) is 13.5. The van der Waals surface area contributed by atoms with Gasteiger partial charge in [-0.25, -0.2) is 9.78 Å². The summed E-state index contributed by atoms with van der Waals surface area (Å²) in [6, 6.07) is 21.1. The van der Waals surface area contributed by atoms with Crippen molar-refractivity contribution < 1.29 is 14.7 Å². The lowest BCUT2D eigenvalue weighted by Crippen LogP contribution is -2.28. The van der Waals surface area contributed by atoms with E-state index in [0.717, 1.165) is 29.4 Å². The number of carboxylic acid groups (broad SMARTS) is 1. The van der Waals surface area contributed by atoms with E-state index >= 15 is 0 Å². The molecule has 1 unspecified atom stereocenters. The number of hydrogen-bond donors (Lipinski definition) is 3. The Morgan fingerprint density at radius 2 is 1.87 bits per heavy atom. The van der Waals surface area contributed by atoms with Crippen LogP contribution in [0.2, 0.25) is 5.02 Å². The number of amides is 1. The highest BCUT2D eigenvalue weighted by Gasteiger charge is 2.23. The summed E-state index contributed by atoms with van der Waals surface area (Å²) in [5.74, 6) is -0.957. The molecule has 0 aliphatic carbocycles. The maximum absolute atomic E-state index is 13.2. The van der Waals surface area contributed by atoms with Crippen LogP contribution in [0.25, 0.3) is 33.5 Å². The predicted molar refractivity (Wildman–Crippen MR) is 148 cm³/mol. The van der Waals surface area contributed by atoms with Crippen LogP contribution in [0.3, 0.4) is 0 Å². The number of fused-ring (bicyclic) bond motifs is 1. The lowest BCUT2D eigenvalue weighted by atomic mass is 9.93. The van der Waals surface area contributed by atoms with Gasteiger partial charge in [-0.3, -0.25) is 9.78 Å². The van der Waals surface area contributed by atoms with Gasteiger partial charge in [0, 0.05) is 34.1 Å². The number of nitrogens with zero attached hydrogens (tertiary/aromatic N) is 2. The third kappa shape index (κ3) is 5.01. The van der Waals surface area contributed by atoms with E-state index in [-0.39, 0.29) is 23.1 Å². The fourth-order valence-corrected chi connectivity index (χ4v) is 4.87. The molecule has 5 rings (SSSR count). The van der Waals surface area contributed by atoms with Crippen molar-refractivity contribution in [1.29, 1.82) is 0 Å². The highest BCUT2D eigenvalue weighted by Crippen LogP contribution is 2.39. The molecule has 0 saturated carbocycles. The first kappa shape index (κ1) is 25.2. The number of para-hydroxylation sites is 2. The summed E-state index contributed by atoms with van der Waals surface area (Å²) >= 11 is 6.64. The molecule has 38 heavy (non-hydrogen) atoms. The molecule has 0 saturated heterocycles. The van der Waals surface area contributed by atoms with Crippen molar-refractivity contribution in [2.24, 2.45) is 0 Å². The lowest BCUT2D eigenvalue weighted by Gasteiger charge is -2.19. The number of imidazole rings is 1. The molecule has 3 N–H and O–H groups in total. The molecule has 8 heteroatoms. The van der Waals surface area contributed by atoms with Gasteiger partial charge in [-0.15, -0.1) is 0 Å². The van der Waals surface area contributed by atoms with Crippen LogP contribution in [0.1, 0.15) is 52.1 Å². The maximum atomic E-state index is 13.2. The number of pyridine rings is 1. The lowest BCUT2D eigenvalue weighted by molar-refractivity contribution is 0.0697. The molecule has 0 bridgehead atoms. The number of carbonyl (C=O) groups is 2. The summed E-state index contributed by atoms with van der Waals surface area (Å²) in [5.41, 5.74) is 4.33. The Hall–Kier alpha value is -4.49. The average molecular weight is 525 g/mol. The van der Waals surface area contributed by atoms with Crippen molar-refractivity contribution in [2.45, 2.75) is 25.8 Å². The largest absolute Gasteiger partial charge is 0.478 e. The quantitative estimate of drug-likeness (QED) is 0.204. The summed E-state index contributed by atoms with van der Waals surface area (Å²) in [4.78, 5) is 37.7. The van der Waals surface area contributed by atoms with Gasteiger partial charge in [0.15, 0.2) is 0 Å². The van der Waals surface area contributed by atoms with Gasteiger partial charge in [0.1, 0.15) is 5.82 Å². The number of hydrogen-bond acceptors (Lipinski definition) is 4. The normalized spacial score (nSPS) is 11.8. The minimum Gasteiger partial charge on any atom is -0.478 e. The summed E-state index contributed by atoms with van der Waals surface area (Å²) in [7, 11) is 0. The van der Waals surface area contributed by atoms with Gasteiger partial charge in [-0.2, -0.15) is 0 Å². The molecule has 5 aromatic rings. The number of halogens is 1. The third-order valence-electron chi connectivity index (χ3n) is 6.41. The molecule has 7 nitrogen and oxygen atoms in total. The molecule has 0 aliphatic heterocycles. The Morgan fingerprint density at radius 3 is 2.61 bits per heavy atom. The smallest absolute Gasteiger partial charge is 0.336 e. The van der Waals surface area contributed by atoms with E-state index in [1.165, 1.54) is 6.07 Å². The van der Waals surface area contributed by atoms with Crippen LogP contribution in [0, 0.1) is 0 Å². The van der Waals surface area contributed by atoms with Crippen molar-refractivity contribution in [3.63, 3.8) is 0 Å². The van der Waals surface area contributed by atoms with Crippen LogP contribution in [-0.4, -0.2) is 31.9 Å². The molecule has 0 fully saturated rings. The highest BCUT2D eigenvalue weighted by molar-refractivity contribution is 6.34. The molecule has 190 valence electrons. The first-order valence-electron chi connectivity index (χ1n) is 12.3. The van der Waals surface area contributed by atoms with Crippen molar-refractivity contribution in [1.82, 2.24) is 20.3 Å². The van der Waals surface area contributed by atoms with Gasteiger partial charge in [0.2, 0.25) is 0 Å². The molecule has 0 spiro atoms. The van der Waals surface area contributed by atoms with E-state index < -0.39 is 5.97 Å². The van der Waals surface area contributed by atoms with E-state index in [1.807, 2.05) is 49.4 Å². The maximum Gasteiger partial charge on any atom is 0.336 e. The van der Waals surface area contributed by atoms with Gasteiger partial charge in [0.25, 0.3) is 5.91 Å². The zero-order valence-corrected chi connectivity index (χ0v) is 21.4. The van der Waals surface area contributed by atoms with Crippen LogP contribution < -0.4 is 5.32 Å². The third-order valence-corrected chi connectivity index (χ3v) is 6.72. The van der Waals surface area contributed by atoms with E-state index in [1.54, 1.807) is 36.7 Å². The zero-order chi connectivity index (χ0) is 26.6. The van der Waals surface area contributed by atoms with Crippen LogP contribution in [0.15, 0.2) is 85.2 Å². The van der Waals surface area contributed by atoms with Crippen molar-refractivity contribution in [3.8, 4) is 22.5 Å². The summed E-state index contributed by atoms with van der Waals surface area (Å²) in [6.07, 6.45) is 4.99. The van der Waals surface area contributed by atoms with Crippen molar-refractivity contribution in [2.75, 3.05) is 0 Å². The van der Waals surface area contributed by atoms with Crippen LogP contribution in [0.4, 0.5) is 0 Å². The fourth-order valence-electron chi connectivity index (χ4n) is 4.59. The number of aromatic carboxylic acids is 1. The Kier molecular flexibility index (Phi) is 7.20. The van der Waals surface area contributed by atoms with Crippen LogP contribution >= 0.6 is 11.6 Å². The molecule has 2 aromatic heterocycles. The van der Waals surface area contributed by atoms with Gasteiger partial charge in [-0.05, 0) is 53.9 Å². The number of aromatic nitrogens is 3. The molecule has 0 aliphatic rings. The number of aromatic amines is 1. The second-order valence-corrected chi connectivity index (χ2v) is 9.34. The first-order chi connectivity index (χ1) is 18.5. The molecule has 3 aromatic carbocycles. The van der Waals surface area contributed by atoms with E-state index in [2.05, 4.69) is 20.3 Å². The zero-order valence-electron chi connectivity index (χ0n) is 20.6. The standard InChI is InChI=1S/C30H25ClN4O3/c1-2-7-24(19-8-6-15-32-17-19)35-29(36)18-13-14-20(22(16-18)30(37)38)27-21(9-5-10-23(27)31)28-33-25-11-3-4-12-26(25)34-28/h3-6,8-17,24H,2,7H2,1H3,(H,33,34)(H,35,36)(H,37,38). The SMILES string of the molecule is CCCC(NC(=O)c1ccc(-c2c(Cl)cccc2-c2nc3ccccc3[nH]2)c(C(=O)O)c1)c1cccnc1. The molecule has 1 atom stereocenters. The average Bonchev–Trinajstić information content (AvgIpc) is 3.37. The Labute approximate surface area is 224 Å². The van der Waals surface area contributed by atoms with Crippen molar-refractivity contribution >= 4 is 34.5 Å². The van der Waals surface area contributed by atoms with Gasteiger partial charge < -0.3 is 15.4 Å². The molecule has 0 radical (unpaired) electrons. The molecular formula is C30H25ClN4O3. The molecule has 1 amide bonds. The number of benzene rings is 3.